The van der Waals surface area contributed by atoms with E-state index in [-0.39, 0.29) is 0 Å². The molecule has 2 atom stereocenters. The summed E-state index contributed by atoms with van der Waals surface area (Å²) in [6.45, 7) is -4.30. The Morgan fingerprint density at radius 1 is 0.917 bits per heavy atom. The molecule has 0 aromatic carbocycles. The highest BCUT2D eigenvalue weighted by Gasteiger charge is 2.76. The Labute approximate surface area is 126 Å². The Morgan fingerprint density at radius 3 is 1.79 bits per heavy atom. The van der Waals surface area contributed by atoms with Crippen molar-refractivity contribution >= 4 is 0 Å². The average Bonchev–Trinajstić information content (AvgIpc) is 2.41. The van der Waals surface area contributed by atoms with E-state index in [1.165, 1.54) is 0 Å². The molecule has 0 saturated carbocycles. The van der Waals surface area contributed by atoms with Gasteiger partial charge in [-0.3, -0.25) is 4.74 Å². The quantitative estimate of drug-likeness (QED) is 0.583. The molecule has 1 N–H and O–H groups in total. The fourth-order valence-electron chi connectivity index (χ4n) is 0.950. The summed E-state index contributed by atoms with van der Waals surface area (Å²) in [4.78, 5) is 0. The summed E-state index contributed by atoms with van der Waals surface area (Å²) in [6.07, 6.45) is -25.7. The molecule has 4 nitrogen and oxygen atoms in total. The maximum Gasteiger partial charge on any atom is 0.462 e. The summed E-state index contributed by atoms with van der Waals surface area (Å²) >= 11 is 0. The van der Waals surface area contributed by atoms with Crippen molar-refractivity contribution in [2.24, 2.45) is 0 Å². The maximum atomic E-state index is 13.0. The van der Waals surface area contributed by atoms with Crippen LogP contribution in [-0.2, 0) is 14.2 Å². The maximum absolute atomic E-state index is 13.0. The van der Waals surface area contributed by atoms with Gasteiger partial charge in [0.25, 0.3) is 6.36 Å². The summed E-state index contributed by atoms with van der Waals surface area (Å²) in [5, 5.41) is 8.49. The van der Waals surface area contributed by atoms with Crippen molar-refractivity contribution in [1.29, 1.82) is 0 Å². The normalized spacial score (nSPS) is 17.0. The highest BCUT2D eigenvalue weighted by Crippen LogP contribution is 2.48. The lowest BCUT2D eigenvalue weighted by Crippen LogP contribution is -2.56. The van der Waals surface area contributed by atoms with Gasteiger partial charge in [0.15, 0.2) is 6.86 Å². The summed E-state index contributed by atoms with van der Waals surface area (Å²) in [5.74, 6) is -6.98. The van der Waals surface area contributed by atoms with Crippen LogP contribution in [0.5, 0.6) is 0 Å². The molecule has 0 bridgehead atoms. The molecule has 0 aromatic heterocycles. The van der Waals surface area contributed by atoms with Crippen LogP contribution in [0.15, 0.2) is 0 Å². The van der Waals surface area contributed by atoms with Gasteiger partial charge in [0.05, 0.1) is 13.2 Å². The van der Waals surface area contributed by atoms with Crippen LogP contribution in [0.25, 0.3) is 0 Å². The van der Waals surface area contributed by atoms with E-state index in [0.717, 1.165) is 0 Å². The van der Waals surface area contributed by atoms with Crippen molar-refractivity contribution in [3.8, 4) is 0 Å². The van der Waals surface area contributed by atoms with Crippen LogP contribution in [0.2, 0.25) is 0 Å². The Hall–Kier alpha value is -0.930. The van der Waals surface area contributed by atoms with Crippen LogP contribution in [-0.4, -0.2) is 62.0 Å². The van der Waals surface area contributed by atoms with Gasteiger partial charge in [0.2, 0.25) is 0 Å². The van der Waals surface area contributed by atoms with E-state index in [4.69, 9.17) is 5.11 Å². The predicted molar refractivity (Wildman–Crippen MR) is 50.8 cm³/mol. The van der Waals surface area contributed by atoms with Gasteiger partial charge in [-0.15, -0.1) is 0 Å². The second-order valence-electron chi connectivity index (χ2n) is 3.98. The summed E-state index contributed by atoms with van der Waals surface area (Å²) in [7, 11) is 0. The van der Waals surface area contributed by atoms with Crippen molar-refractivity contribution in [3.05, 3.63) is 0 Å². The molecule has 0 amide bonds. The summed E-state index contributed by atoms with van der Waals surface area (Å²) < 4.78 is 145. The lowest BCUT2D eigenvalue weighted by Gasteiger charge is -2.30. The largest absolute Gasteiger partial charge is 0.462 e. The molecule has 24 heavy (non-hydrogen) atoms. The number of aliphatic hydroxyl groups is 1. The monoisotopic (exact) mass is 390 g/mol. The molecular weight excluding hydrogens is 381 g/mol. The number of alkyl halides is 11. The molecule has 0 aliphatic carbocycles. The molecule has 0 aliphatic heterocycles. The first-order chi connectivity index (χ1) is 10.6. The van der Waals surface area contributed by atoms with Gasteiger partial charge >= 0.3 is 24.3 Å². The number of hydrogen-bond acceptors (Lipinski definition) is 4. The van der Waals surface area contributed by atoms with E-state index in [1.807, 2.05) is 0 Å². The van der Waals surface area contributed by atoms with Crippen molar-refractivity contribution in [2.45, 2.75) is 36.8 Å². The predicted octanol–water partition coefficient (Wildman–Crippen LogP) is 3.00. The average molecular weight is 390 g/mol. The van der Waals surface area contributed by atoms with Gasteiger partial charge in [-0.1, -0.05) is 0 Å². The number of halogens is 11. The molecule has 0 aromatic rings. The van der Waals surface area contributed by atoms with Crippen LogP contribution in [0.3, 0.4) is 0 Å². The Kier molecular flexibility index (Phi) is 7.66. The third-order valence-corrected chi connectivity index (χ3v) is 2.20. The smallest absolute Gasteiger partial charge is 0.394 e. The van der Waals surface area contributed by atoms with Crippen molar-refractivity contribution in [1.82, 2.24) is 0 Å². The van der Waals surface area contributed by atoms with E-state index in [0.29, 0.717) is 0 Å². The van der Waals surface area contributed by atoms with Crippen LogP contribution >= 0.6 is 0 Å². The molecule has 15 heteroatoms. The number of aliphatic hydroxyl groups excluding tert-OH is 1. The minimum Gasteiger partial charge on any atom is -0.394 e. The lowest BCUT2D eigenvalue weighted by atomic mass is 10.3. The van der Waals surface area contributed by atoms with Gasteiger partial charge in [-0.05, 0) is 0 Å². The minimum absolute atomic E-state index is 1.15. The molecule has 0 spiro atoms. The zero-order chi connectivity index (χ0) is 19.4. The van der Waals surface area contributed by atoms with E-state index in [9.17, 15) is 48.3 Å². The second-order valence-corrected chi connectivity index (χ2v) is 3.98. The highest BCUT2D eigenvalue weighted by atomic mass is 19.4. The summed E-state index contributed by atoms with van der Waals surface area (Å²) in [6, 6.07) is 0. The Bertz CT molecular complexity index is 386. The first-order valence-electron chi connectivity index (χ1n) is 5.56. The number of ether oxygens (including phenoxy) is 3. The highest BCUT2D eigenvalue weighted by molar-refractivity contribution is 4.85. The van der Waals surface area contributed by atoms with Gasteiger partial charge in [-0.25, -0.2) is 8.78 Å². The van der Waals surface area contributed by atoms with Gasteiger partial charge < -0.3 is 14.6 Å². The zero-order valence-corrected chi connectivity index (χ0v) is 11.1. The van der Waals surface area contributed by atoms with Crippen molar-refractivity contribution in [2.75, 3.05) is 20.1 Å². The van der Waals surface area contributed by atoms with Gasteiger partial charge in [0, 0.05) is 0 Å². The van der Waals surface area contributed by atoms with E-state index in [1.54, 1.807) is 0 Å². The van der Waals surface area contributed by atoms with Gasteiger partial charge in [-0.2, -0.15) is 39.5 Å². The van der Waals surface area contributed by atoms with Gasteiger partial charge in [0.1, 0.15) is 6.10 Å². The molecule has 0 fully saturated rings. The summed E-state index contributed by atoms with van der Waals surface area (Å²) in [5.41, 5.74) is 0. The Morgan fingerprint density at radius 2 is 1.42 bits per heavy atom. The van der Waals surface area contributed by atoms with Crippen molar-refractivity contribution < 1.29 is 67.6 Å². The first-order valence-corrected chi connectivity index (χ1v) is 5.56. The second kappa shape index (κ2) is 7.97. The lowest BCUT2D eigenvalue weighted by molar-refractivity contribution is -0.465. The molecule has 2 unspecified atom stereocenters. The van der Waals surface area contributed by atoms with Crippen LogP contribution in [0.1, 0.15) is 0 Å². The number of rotatable bonds is 10. The Balaban J connectivity index is 4.97. The zero-order valence-electron chi connectivity index (χ0n) is 11.1. The molecule has 146 valence electrons. The SMILES string of the molecule is OCC(COC(F)(F)C(F)OC(F)(F)C(F)(F)C(F)(F)F)OCF. The first kappa shape index (κ1) is 23.1. The third kappa shape index (κ3) is 5.56. The van der Waals surface area contributed by atoms with Crippen LogP contribution < -0.4 is 0 Å². The molecular formula is C9H9F11O4. The van der Waals surface area contributed by atoms with Crippen LogP contribution in [0.4, 0.5) is 48.3 Å². The standard InChI is InChI=1S/C9H9F11O4/c10-3-22-4(1-21)2-23-6(12,13)5(11)24-9(19,20)7(14,15)8(16,17)18/h4-5,21H,1-3H2. The molecule has 0 aliphatic rings. The minimum atomic E-state index is -6.98. The van der Waals surface area contributed by atoms with E-state index >= 15 is 0 Å². The molecule has 0 heterocycles. The topological polar surface area (TPSA) is 47.9 Å². The molecule has 0 radical (unpaired) electrons. The molecule has 0 rings (SSSR count). The third-order valence-electron chi connectivity index (χ3n) is 2.20. The van der Waals surface area contributed by atoms with Crippen LogP contribution in [0, 0.1) is 0 Å². The van der Waals surface area contributed by atoms with E-state index < -0.39 is 56.9 Å². The molecule has 0 saturated heterocycles. The fourth-order valence-corrected chi connectivity index (χ4v) is 0.950. The van der Waals surface area contributed by atoms with E-state index in [2.05, 4.69) is 14.2 Å². The number of hydrogen-bond donors (Lipinski definition) is 1. The fraction of sp³-hybridized carbons (Fsp3) is 1.00. The van der Waals surface area contributed by atoms with Crippen molar-refractivity contribution in [3.63, 3.8) is 0 Å².